The molecule has 0 spiro atoms. The molecule has 0 atom stereocenters. The van der Waals surface area contributed by atoms with Crippen LogP contribution in [0.3, 0.4) is 0 Å². The van der Waals surface area contributed by atoms with Gasteiger partial charge in [-0.3, -0.25) is 9.36 Å². The molecule has 2 aromatic rings. The van der Waals surface area contributed by atoms with Crippen molar-refractivity contribution in [3.8, 4) is 0 Å². The maximum atomic E-state index is 12.2. The van der Waals surface area contributed by atoms with Crippen LogP contribution in [0.4, 0.5) is 5.95 Å². The summed E-state index contributed by atoms with van der Waals surface area (Å²) in [5.74, 6) is 0.572. The summed E-state index contributed by atoms with van der Waals surface area (Å²) in [4.78, 5) is 21.1. The van der Waals surface area contributed by atoms with Crippen LogP contribution in [0.2, 0.25) is 0 Å². The highest BCUT2D eigenvalue weighted by Crippen LogP contribution is 2.30. The van der Waals surface area contributed by atoms with Crippen molar-refractivity contribution in [1.82, 2.24) is 14.5 Å². The largest absolute Gasteiger partial charge is 0.357 e. The molecule has 0 aromatic carbocycles. The third-order valence-electron chi connectivity index (χ3n) is 3.89. The fourth-order valence-corrected chi connectivity index (χ4v) is 2.91. The van der Waals surface area contributed by atoms with Crippen molar-refractivity contribution in [2.75, 3.05) is 12.4 Å². The standard InChI is InChI=1S/C14H18N4O/c1-9-11-7-8-12(19)18(10-5-3-4-6-10)13(11)17-14(15-2)16-9/h7-8,10H,3-6H2,1-2H3,(H,15,16,17). The molecule has 2 heterocycles. The third-order valence-corrected chi connectivity index (χ3v) is 3.89. The second kappa shape index (κ2) is 4.64. The van der Waals surface area contributed by atoms with Gasteiger partial charge in [0.05, 0.1) is 5.69 Å². The van der Waals surface area contributed by atoms with Gasteiger partial charge in [0.2, 0.25) is 5.95 Å². The summed E-state index contributed by atoms with van der Waals surface area (Å²) in [6, 6.07) is 3.75. The first-order chi connectivity index (χ1) is 9.20. The monoisotopic (exact) mass is 258 g/mol. The second-order valence-electron chi connectivity index (χ2n) is 5.10. The summed E-state index contributed by atoms with van der Waals surface area (Å²) in [5, 5.41) is 3.92. The van der Waals surface area contributed by atoms with Crippen LogP contribution < -0.4 is 10.9 Å². The fourth-order valence-electron chi connectivity index (χ4n) is 2.91. The highest BCUT2D eigenvalue weighted by atomic mass is 16.1. The highest BCUT2D eigenvalue weighted by molar-refractivity contribution is 5.78. The number of hydrogen-bond acceptors (Lipinski definition) is 4. The van der Waals surface area contributed by atoms with Crippen molar-refractivity contribution >= 4 is 17.0 Å². The summed E-state index contributed by atoms with van der Waals surface area (Å²) in [6.07, 6.45) is 4.51. The van der Waals surface area contributed by atoms with E-state index in [4.69, 9.17) is 0 Å². The Labute approximate surface area is 111 Å². The molecule has 1 N–H and O–H groups in total. The minimum atomic E-state index is 0.0413. The van der Waals surface area contributed by atoms with Crippen LogP contribution in [0.25, 0.3) is 11.0 Å². The van der Waals surface area contributed by atoms with Gasteiger partial charge in [0.1, 0.15) is 5.65 Å². The van der Waals surface area contributed by atoms with E-state index in [9.17, 15) is 4.79 Å². The third kappa shape index (κ3) is 1.99. The zero-order valence-electron chi connectivity index (χ0n) is 11.3. The highest BCUT2D eigenvalue weighted by Gasteiger charge is 2.21. The summed E-state index contributed by atoms with van der Waals surface area (Å²) in [7, 11) is 1.79. The lowest BCUT2D eigenvalue weighted by Gasteiger charge is -2.16. The van der Waals surface area contributed by atoms with E-state index in [1.807, 2.05) is 17.6 Å². The number of anilines is 1. The van der Waals surface area contributed by atoms with Gasteiger partial charge in [-0.1, -0.05) is 12.8 Å². The molecule has 1 saturated carbocycles. The normalized spacial score (nSPS) is 16.1. The lowest BCUT2D eigenvalue weighted by molar-refractivity contribution is 0.516. The van der Waals surface area contributed by atoms with Crippen LogP contribution in [0, 0.1) is 6.92 Å². The second-order valence-corrected chi connectivity index (χ2v) is 5.10. The number of pyridine rings is 1. The molecular formula is C14H18N4O. The summed E-state index contributed by atoms with van der Waals surface area (Å²) in [6.45, 7) is 1.95. The maximum absolute atomic E-state index is 12.2. The Kier molecular flexibility index (Phi) is 2.97. The van der Waals surface area contributed by atoms with Gasteiger partial charge in [0.15, 0.2) is 0 Å². The van der Waals surface area contributed by atoms with Crippen molar-refractivity contribution in [3.05, 3.63) is 28.2 Å². The van der Waals surface area contributed by atoms with E-state index in [2.05, 4.69) is 15.3 Å². The quantitative estimate of drug-likeness (QED) is 0.897. The molecule has 1 aliphatic carbocycles. The molecule has 0 unspecified atom stereocenters. The number of hydrogen-bond donors (Lipinski definition) is 1. The van der Waals surface area contributed by atoms with Crippen LogP contribution in [0.15, 0.2) is 16.9 Å². The van der Waals surface area contributed by atoms with Gasteiger partial charge in [-0.2, -0.15) is 4.98 Å². The Hall–Kier alpha value is -1.91. The number of nitrogens with zero attached hydrogens (tertiary/aromatic N) is 3. The summed E-state index contributed by atoms with van der Waals surface area (Å²) < 4.78 is 1.86. The zero-order valence-corrected chi connectivity index (χ0v) is 11.3. The van der Waals surface area contributed by atoms with Crippen molar-refractivity contribution in [2.45, 2.75) is 38.6 Å². The molecule has 3 rings (SSSR count). The Morgan fingerprint density at radius 1 is 1.26 bits per heavy atom. The minimum Gasteiger partial charge on any atom is -0.357 e. The maximum Gasteiger partial charge on any atom is 0.252 e. The topological polar surface area (TPSA) is 59.8 Å². The zero-order chi connectivity index (χ0) is 13.4. The van der Waals surface area contributed by atoms with Crippen LogP contribution in [0.5, 0.6) is 0 Å². The molecule has 0 aliphatic heterocycles. The molecule has 1 aliphatic rings. The van der Waals surface area contributed by atoms with Gasteiger partial charge in [-0.25, -0.2) is 4.98 Å². The van der Waals surface area contributed by atoms with Crippen molar-refractivity contribution in [1.29, 1.82) is 0 Å². The lowest BCUT2D eigenvalue weighted by Crippen LogP contribution is -2.24. The van der Waals surface area contributed by atoms with Crippen molar-refractivity contribution in [3.63, 3.8) is 0 Å². The minimum absolute atomic E-state index is 0.0413. The number of nitrogens with one attached hydrogen (secondary N) is 1. The van der Waals surface area contributed by atoms with E-state index in [0.29, 0.717) is 5.95 Å². The van der Waals surface area contributed by atoms with Gasteiger partial charge in [0, 0.05) is 24.5 Å². The van der Waals surface area contributed by atoms with E-state index in [1.165, 1.54) is 12.8 Å². The first-order valence-electron chi connectivity index (χ1n) is 6.78. The van der Waals surface area contributed by atoms with Crippen molar-refractivity contribution < 1.29 is 0 Å². The molecule has 0 amide bonds. The molecular weight excluding hydrogens is 240 g/mol. The summed E-state index contributed by atoms with van der Waals surface area (Å²) in [5.41, 5.74) is 1.71. The van der Waals surface area contributed by atoms with Crippen LogP contribution >= 0.6 is 0 Å². The van der Waals surface area contributed by atoms with E-state index in [-0.39, 0.29) is 11.6 Å². The molecule has 5 nitrogen and oxygen atoms in total. The van der Waals surface area contributed by atoms with Crippen LogP contribution in [0.1, 0.15) is 37.4 Å². The molecule has 19 heavy (non-hydrogen) atoms. The van der Waals surface area contributed by atoms with Crippen LogP contribution in [-0.4, -0.2) is 21.6 Å². The Morgan fingerprint density at radius 3 is 2.68 bits per heavy atom. The predicted molar refractivity (Wildman–Crippen MR) is 75.6 cm³/mol. The average Bonchev–Trinajstić information content (AvgIpc) is 2.91. The Balaban J connectivity index is 2.31. The summed E-state index contributed by atoms with van der Waals surface area (Å²) >= 11 is 0. The number of aromatic nitrogens is 3. The number of aryl methyl sites for hydroxylation is 1. The Bertz CT molecular complexity index is 671. The molecule has 100 valence electrons. The number of rotatable bonds is 2. The fraction of sp³-hybridized carbons (Fsp3) is 0.500. The van der Waals surface area contributed by atoms with Gasteiger partial charge in [-0.05, 0) is 25.8 Å². The predicted octanol–water partition coefficient (Wildman–Crippen LogP) is 2.26. The van der Waals surface area contributed by atoms with E-state index in [1.54, 1.807) is 13.1 Å². The first-order valence-corrected chi connectivity index (χ1v) is 6.78. The Morgan fingerprint density at radius 2 is 2.00 bits per heavy atom. The molecule has 2 aromatic heterocycles. The van der Waals surface area contributed by atoms with E-state index in [0.717, 1.165) is 29.6 Å². The van der Waals surface area contributed by atoms with Gasteiger partial charge < -0.3 is 5.32 Å². The van der Waals surface area contributed by atoms with Crippen LogP contribution in [-0.2, 0) is 0 Å². The van der Waals surface area contributed by atoms with Gasteiger partial charge in [-0.15, -0.1) is 0 Å². The lowest BCUT2D eigenvalue weighted by atomic mass is 10.2. The van der Waals surface area contributed by atoms with Gasteiger partial charge >= 0.3 is 0 Å². The van der Waals surface area contributed by atoms with E-state index < -0.39 is 0 Å². The van der Waals surface area contributed by atoms with Gasteiger partial charge in [0.25, 0.3) is 5.56 Å². The molecule has 0 radical (unpaired) electrons. The SMILES string of the molecule is CNc1nc(C)c2ccc(=O)n(C3CCCC3)c2n1. The molecule has 5 heteroatoms. The average molecular weight is 258 g/mol. The molecule has 0 saturated heterocycles. The van der Waals surface area contributed by atoms with Crippen molar-refractivity contribution in [2.24, 2.45) is 0 Å². The van der Waals surface area contributed by atoms with E-state index >= 15 is 0 Å². The first kappa shape index (κ1) is 12.1. The smallest absolute Gasteiger partial charge is 0.252 e. The molecule has 1 fully saturated rings. The number of fused-ring (bicyclic) bond motifs is 1. The molecule has 0 bridgehead atoms.